The molecular formula is C23H24N4O2S. The Morgan fingerprint density at radius 2 is 1.93 bits per heavy atom. The fourth-order valence-corrected chi connectivity index (χ4v) is 4.08. The number of aryl methyl sites for hydroxylation is 1. The van der Waals surface area contributed by atoms with Crippen molar-refractivity contribution in [3.8, 4) is 17.1 Å². The lowest BCUT2D eigenvalue weighted by Gasteiger charge is -2.30. The molecule has 1 amide bonds. The largest absolute Gasteiger partial charge is 0.447 e. The summed E-state index contributed by atoms with van der Waals surface area (Å²) in [6.07, 6.45) is -0.647. The predicted molar refractivity (Wildman–Crippen MR) is 119 cm³/mol. The van der Waals surface area contributed by atoms with E-state index in [1.165, 1.54) is 0 Å². The van der Waals surface area contributed by atoms with Gasteiger partial charge in [-0.3, -0.25) is 9.69 Å². The topological polar surface area (TPSA) is 68.2 Å². The minimum atomic E-state index is -0.647. The summed E-state index contributed by atoms with van der Waals surface area (Å²) in [6, 6.07) is 15.6. The van der Waals surface area contributed by atoms with Gasteiger partial charge in [-0.25, -0.2) is 0 Å². The maximum absolute atomic E-state index is 12.8. The molecule has 0 spiro atoms. The number of anilines is 1. The Hall–Kier alpha value is -2.93. The number of rotatable bonds is 4. The molecule has 2 aromatic carbocycles. The number of nitrogens with zero attached hydrogens (tertiary/aromatic N) is 4. The van der Waals surface area contributed by atoms with Gasteiger partial charge in [0, 0.05) is 23.8 Å². The van der Waals surface area contributed by atoms with Gasteiger partial charge in [0.05, 0.1) is 5.69 Å². The molecule has 0 N–H and O–H groups in total. The fourth-order valence-electron chi connectivity index (χ4n) is 3.36. The molecule has 0 bridgehead atoms. The summed E-state index contributed by atoms with van der Waals surface area (Å²) in [5.41, 5.74) is 3.99. The number of carbonyl (C=O) groups excluding carboxylic acids is 1. The molecule has 1 aromatic heterocycles. The van der Waals surface area contributed by atoms with E-state index in [9.17, 15) is 4.79 Å². The Morgan fingerprint density at radius 3 is 2.63 bits per heavy atom. The van der Waals surface area contributed by atoms with Crippen LogP contribution in [0.3, 0.4) is 0 Å². The second-order valence-electron chi connectivity index (χ2n) is 7.74. The minimum Gasteiger partial charge on any atom is -0.447 e. The van der Waals surface area contributed by atoms with Crippen molar-refractivity contribution in [3.05, 3.63) is 59.7 Å². The predicted octanol–water partition coefficient (Wildman–Crippen LogP) is 5.04. The highest BCUT2D eigenvalue weighted by Gasteiger charge is 2.34. The lowest BCUT2D eigenvalue weighted by molar-refractivity contribution is -0.118. The van der Waals surface area contributed by atoms with E-state index < -0.39 is 6.23 Å². The average molecular weight is 421 g/mol. The van der Waals surface area contributed by atoms with Crippen LogP contribution in [-0.2, 0) is 4.79 Å². The first-order valence-electron chi connectivity index (χ1n) is 9.94. The molecule has 0 radical (unpaired) electrons. The molecule has 0 saturated carbocycles. The number of carbonyl (C=O) groups is 1. The Kier molecular flexibility index (Phi) is 5.72. The Labute approximate surface area is 180 Å². The highest BCUT2D eigenvalue weighted by Crippen LogP contribution is 2.43. The molecule has 154 valence electrons. The summed E-state index contributed by atoms with van der Waals surface area (Å²) < 4.78 is 6.36. The monoisotopic (exact) mass is 420 g/mol. The molecular weight excluding hydrogens is 396 g/mol. The van der Waals surface area contributed by atoms with Crippen LogP contribution < -0.4 is 9.64 Å². The van der Waals surface area contributed by atoms with Crippen molar-refractivity contribution in [1.29, 1.82) is 0 Å². The van der Waals surface area contributed by atoms with Crippen LogP contribution in [0.2, 0.25) is 0 Å². The van der Waals surface area contributed by atoms with Crippen LogP contribution in [-0.4, -0.2) is 26.8 Å². The number of hydrogen-bond acceptors (Lipinski definition) is 6. The highest BCUT2D eigenvalue weighted by molar-refractivity contribution is 7.99. The third-order valence-corrected chi connectivity index (χ3v) is 5.99. The van der Waals surface area contributed by atoms with Crippen LogP contribution in [0.5, 0.6) is 5.88 Å². The molecule has 0 aliphatic carbocycles. The molecule has 1 atom stereocenters. The number of aromatic nitrogens is 3. The number of thioether (sulfide) groups is 1. The van der Waals surface area contributed by atoms with Gasteiger partial charge < -0.3 is 4.74 Å². The third kappa shape index (κ3) is 4.03. The smallest absolute Gasteiger partial charge is 0.247 e. The fraction of sp³-hybridized carbons (Fsp3) is 0.304. The van der Waals surface area contributed by atoms with Crippen LogP contribution in [0.15, 0.2) is 53.7 Å². The van der Waals surface area contributed by atoms with E-state index in [1.807, 2.05) is 55.5 Å². The molecule has 6 nitrogen and oxygen atoms in total. The van der Waals surface area contributed by atoms with Crippen molar-refractivity contribution >= 4 is 23.4 Å². The van der Waals surface area contributed by atoms with Crippen molar-refractivity contribution in [1.82, 2.24) is 15.2 Å². The van der Waals surface area contributed by atoms with Crippen LogP contribution in [0.1, 0.15) is 38.1 Å². The van der Waals surface area contributed by atoms with Gasteiger partial charge in [0.15, 0.2) is 5.69 Å². The van der Waals surface area contributed by atoms with E-state index in [-0.39, 0.29) is 5.91 Å². The maximum Gasteiger partial charge on any atom is 0.247 e. The van der Waals surface area contributed by atoms with Crippen LogP contribution in [0.25, 0.3) is 11.3 Å². The quantitative estimate of drug-likeness (QED) is 0.551. The lowest BCUT2D eigenvalue weighted by Crippen LogP contribution is -2.36. The summed E-state index contributed by atoms with van der Waals surface area (Å²) in [5.74, 6) is 1.66. The van der Waals surface area contributed by atoms with Crippen molar-refractivity contribution in [2.75, 3.05) is 10.7 Å². The van der Waals surface area contributed by atoms with Crippen molar-refractivity contribution in [2.24, 2.45) is 5.92 Å². The number of ether oxygens (including phenoxy) is 1. The number of amides is 1. The first-order chi connectivity index (χ1) is 14.4. The van der Waals surface area contributed by atoms with E-state index in [2.05, 4.69) is 29.0 Å². The van der Waals surface area contributed by atoms with Gasteiger partial charge in [-0.2, -0.15) is 4.98 Å². The Balaban J connectivity index is 1.89. The van der Waals surface area contributed by atoms with Crippen LogP contribution >= 0.6 is 11.8 Å². The molecule has 7 heteroatoms. The minimum absolute atomic E-state index is 0.121. The normalized spacial score (nSPS) is 15.2. The zero-order valence-corrected chi connectivity index (χ0v) is 18.3. The maximum atomic E-state index is 12.8. The second-order valence-corrected chi connectivity index (χ2v) is 8.73. The molecule has 1 aliphatic rings. The summed E-state index contributed by atoms with van der Waals surface area (Å²) in [7, 11) is 0. The van der Waals surface area contributed by atoms with Gasteiger partial charge in [-0.05, 0) is 25.0 Å². The van der Waals surface area contributed by atoms with E-state index in [4.69, 9.17) is 4.74 Å². The molecule has 0 unspecified atom stereocenters. The number of benzene rings is 2. The molecule has 1 aliphatic heterocycles. The molecule has 0 saturated heterocycles. The van der Waals surface area contributed by atoms with Crippen molar-refractivity contribution < 1.29 is 9.53 Å². The Bertz CT molecular complexity index is 1070. The van der Waals surface area contributed by atoms with E-state index >= 15 is 0 Å². The summed E-state index contributed by atoms with van der Waals surface area (Å²) in [5, 5.41) is 9.35. The summed E-state index contributed by atoms with van der Waals surface area (Å²) in [6.45, 7) is 7.85. The molecule has 3 aromatic rings. The molecule has 2 heterocycles. The van der Waals surface area contributed by atoms with Gasteiger partial charge in [-0.1, -0.05) is 67.6 Å². The van der Waals surface area contributed by atoms with Gasteiger partial charge in [0.1, 0.15) is 0 Å². The zero-order valence-electron chi connectivity index (χ0n) is 17.5. The van der Waals surface area contributed by atoms with E-state index in [0.29, 0.717) is 22.6 Å². The SMILES string of the molecule is CC(=O)N1c2ccc(C)cc2-c2nnc(SCC(C)C)nc2O[C@@H]1c1ccccc1. The van der Waals surface area contributed by atoms with Gasteiger partial charge in [0.2, 0.25) is 23.2 Å². The first kappa shape index (κ1) is 20.3. The van der Waals surface area contributed by atoms with Gasteiger partial charge in [0.25, 0.3) is 0 Å². The summed E-state index contributed by atoms with van der Waals surface area (Å²) in [4.78, 5) is 19.1. The first-order valence-corrected chi connectivity index (χ1v) is 10.9. The van der Waals surface area contributed by atoms with Gasteiger partial charge in [-0.15, -0.1) is 10.2 Å². The zero-order chi connectivity index (χ0) is 21.3. The van der Waals surface area contributed by atoms with Crippen molar-refractivity contribution in [3.63, 3.8) is 0 Å². The standard InChI is InChI=1S/C23H24N4O2S/c1-14(2)13-30-23-24-21-20(25-26-23)18-12-15(3)10-11-19(18)27(16(4)28)22(29-21)17-8-6-5-7-9-17/h5-12,14,22H,13H2,1-4H3/t22-/m1/s1. The van der Waals surface area contributed by atoms with Crippen LogP contribution in [0.4, 0.5) is 5.69 Å². The van der Waals surface area contributed by atoms with Crippen molar-refractivity contribution in [2.45, 2.75) is 39.1 Å². The molecule has 0 fully saturated rings. The van der Waals surface area contributed by atoms with E-state index in [0.717, 1.165) is 28.1 Å². The summed E-state index contributed by atoms with van der Waals surface area (Å²) >= 11 is 1.55. The molecule has 4 rings (SSSR count). The average Bonchev–Trinajstić information content (AvgIpc) is 2.87. The van der Waals surface area contributed by atoms with Gasteiger partial charge >= 0.3 is 0 Å². The second kappa shape index (κ2) is 8.44. The highest BCUT2D eigenvalue weighted by atomic mass is 32.2. The van der Waals surface area contributed by atoms with E-state index in [1.54, 1.807) is 23.6 Å². The number of fused-ring (bicyclic) bond motifs is 3. The third-order valence-electron chi connectivity index (χ3n) is 4.73. The Morgan fingerprint density at radius 1 is 1.17 bits per heavy atom. The molecule has 30 heavy (non-hydrogen) atoms. The van der Waals surface area contributed by atoms with Crippen LogP contribution in [0, 0.1) is 12.8 Å². The number of hydrogen-bond donors (Lipinski definition) is 0. The lowest BCUT2D eigenvalue weighted by atomic mass is 10.0.